The van der Waals surface area contributed by atoms with E-state index in [2.05, 4.69) is 21.7 Å². The summed E-state index contributed by atoms with van der Waals surface area (Å²) in [5, 5.41) is 5.27. The molecule has 2 fully saturated rings. The highest BCUT2D eigenvalue weighted by Gasteiger charge is 2.40. The first kappa shape index (κ1) is 13.1. The van der Waals surface area contributed by atoms with E-state index in [1.54, 1.807) is 11.3 Å². The normalized spacial score (nSPS) is 26.6. The molecule has 2 aliphatic rings. The summed E-state index contributed by atoms with van der Waals surface area (Å²) in [4.78, 5) is 16.1. The molecule has 2 heterocycles. The largest absolute Gasteiger partial charge is 0.379 e. The van der Waals surface area contributed by atoms with Gasteiger partial charge in [0.25, 0.3) is 0 Å². The van der Waals surface area contributed by atoms with Crippen molar-refractivity contribution in [3.8, 4) is 0 Å². The van der Waals surface area contributed by atoms with Gasteiger partial charge in [-0.15, -0.1) is 11.3 Å². The summed E-state index contributed by atoms with van der Waals surface area (Å²) >= 11 is 1.72. The molecule has 2 unspecified atom stereocenters. The summed E-state index contributed by atoms with van der Waals surface area (Å²) in [7, 11) is 1.90. The molecule has 0 spiro atoms. The number of likely N-dealkylation sites (N-methyl/N-ethyl adjacent to an activating group) is 1. The van der Waals surface area contributed by atoms with E-state index in [-0.39, 0.29) is 17.9 Å². The average molecular weight is 280 g/mol. The summed E-state index contributed by atoms with van der Waals surface area (Å²) in [6.45, 7) is 1.95. The van der Waals surface area contributed by atoms with E-state index >= 15 is 0 Å². The Hall–Kier alpha value is -0.910. The van der Waals surface area contributed by atoms with E-state index in [0.717, 1.165) is 19.4 Å². The number of nitrogens with one attached hydrogen (secondary N) is 1. The average Bonchev–Trinajstić information content (AvgIpc) is 2.95. The Bertz CT molecular complexity index is 431. The van der Waals surface area contributed by atoms with E-state index in [0.29, 0.717) is 19.3 Å². The van der Waals surface area contributed by atoms with Gasteiger partial charge in [-0.25, -0.2) is 0 Å². The van der Waals surface area contributed by atoms with E-state index in [1.807, 2.05) is 13.1 Å². The molecule has 0 radical (unpaired) electrons. The molecule has 0 aromatic carbocycles. The summed E-state index contributed by atoms with van der Waals surface area (Å²) in [6, 6.07) is 4.77. The number of thiophene rings is 1. The van der Waals surface area contributed by atoms with Gasteiger partial charge in [-0.05, 0) is 31.3 Å². The van der Waals surface area contributed by atoms with Gasteiger partial charge < -0.3 is 15.0 Å². The summed E-state index contributed by atoms with van der Waals surface area (Å²) in [5.41, 5.74) is 0. The lowest BCUT2D eigenvalue weighted by molar-refractivity contribution is -0.137. The molecule has 4 nitrogen and oxygen atoms in total. The van der Waals surface area contributed by atoms with Crippen molar-refractivity contribution in [1.82, 2.24) is 10.2 Å². The predicted octanol–water partition coefficient (Wildman–Crippen LogP) is 1.47. The zero-order valence-electron chi connectivity index (χ0n) is 11.2. The van der Waals surface area contributed by atoms with Crippen LogP contribution < -0.4 is 5.32 Å². The molecule has 5 heteroatoms. The first-order chi connectivity index (χ1) is 9.29. The highest BCUT2D eigenvalue weighted by molar-refractivity contribution is 7.09. The second-order valence-corrected chi connectivity index (χ2v) is 6.35. The van der Waals surface area contributed by atoms with Gasteiger partial charge >= 0.3 is 0 Å². The maximum Gasteiger partial charge on any atom is 0.230 e. The Morgan fingerprint density at radius 2 is 2.37 bits per heavy atom. The van der Waals surface area contributed by atoms with E-state index in [1.165, 1.54) is 4.88 Å². The summed E-state index contributed by atoms with van der Waals surface area (Å²) < 4.78 is 5.46. The number of hydrogen-bond acceptors (Lipinski definition) is 4. The number of carbonyl (C=O) groups is 1. The Morgan fingerprint density at radius 3 is 3.00 bits per heavy atom. The van der Waals surface area contributed by atoms with Gasteiger partial charge in [0.2, 0.25) is 5.91 Å². The van der Waals surface area contributed by atoms with Crippen molar-refractivity contribution in [2.75, 3.05) is 20.3 Å². The van der Waals surface area contributed by atoms with Gasteiger partial charge in [-0.3, -0.25) is 4.79 Å². The smallest absolute Gasteiger partial charge is 0.230 e. The number of ether oxygens (including phenoxy) is 1. The molecule has 1 aromatic rings. The molecule has 19 heavy (non-hydrogen) atoms. The van der Waals surface area contributed by atoms with Crippen LogP contribution >= 0.6 is 11.3 Å². The molecule has 2 atom stereocenters. The van der Waals surface area contributed by atoms with Crippen LogP contribution in [0.3, 0.4) is 0 Å². The maximum atomic E-state index is 12.7. The number of rotatable bonds is 5. The summed E-state index contributed by atoms with van der Waals surface area (Å²) in [5.74, 6) is 0.235. The van der Waals surface area contributed by atoms with Crippen LogP contribution in [0.15, 0.2) is 17.5 Å². The Balaban J connectivity index is 1.71. The van der Waals surface area contributed by atoms with Crippen molar-refractivity contribution in [3.05, 3.63) is 22.4 Å². The highest BCUT2D eigenvalue weighted by atomic mass is 32.1. The minimum atomic E-state index is -0.0226. The molecule has 1 aromatic heterocycles. The topological polar surface area (TPSA) is 41.6 Å². The number of hydrogen-bond donors (Lipinski definition) is 1. The van der Waals surface area contributed by atoms with Gasteiger partial charge in [0, 0.05) is 17.0 Å². The van der Waals surface area contributed by atoms with Gasteiger partial charge in [-0.1, -0.05) is 6.07 Å². The quantitative estimate of drug-likeness (QED) is 0.888. The zero-order valence-corrected chi connectivity index (χ0v) is 12.0. The van der Waals surface area contributed by atoms with Crippen LogP contribution in [-0.2, 0) is 16.1 Å². The van der Waals surface area contributed by atoms with Crippen molar-refractivity contribution in [2.45, 2.75) is 31.5 Å². The lowest BCUT2D eigenvalue weighted by Crippen LogP contribution is -2.45. The van der Waals surface area contributed by atoms with Crippen LogP contribution in [-0.4, -0.2) is 43.2 Å². The molecule has 1 amide bonds. The molecular weight excluding hydrogens is 260 g/mol. The van der Waals surface area contributed by atoms with Crippen molar-refractivity contribution >= 4 is 17.2 Å². The van der Waals surface area contributed by atoms with E-state index in [9.17, 15) is 4.79 Å². The number of amides is 1. The van der Waals surface area contributed by atoms with Crippen LogP contribution in [0.2, 0.25) is 0 Å². The third-order valence-electron chi connectivity index (χ3n) is 3.95. The maximum absolute atomic E-state index is 12.7. The standard InChI is InChI=1S/C14H20N2O2S/c1-15-13-9-18-8-12(13)14(17)16(10-4-5-10)7-11-3-2-6-19-11/h2-3,6,10,12-13,15H,4-5,7-9H2,1H3. The van der Waals surface area contributed by atoms with Crippen molar-refractivity contribution < 1.29 is 9.53 Å². The molecule has 1 aliphatic heterocycles. The molecular formula is C14H20N2O2S. The molecule has 1 N–H and O–H groups in total. The van der Waals surface area contributed by atoms with Gasteiger partial charge in [0.1, 0.15) is 0 Å². The van der Waals surface area contributed by atoms with Crippen LogP contribution in [0.1, 0.15) is 17.7 Å². The predicted molar refractivity (Wildman–Crippen MR) is 75.0 cm³/mol. The van der Waals surface area contributed by atoms with Crippen molar-refractivity contribution in [3.63, 3.8) is 0 Å². The zero-order chi connectivity index (χ0) is 13.2. The first-order valence-electron chi connectivity index (χ1n) is 6.87. The Labute approximate surface area is 117 Å². The lowest BCUT2D eigenvalue weighted by Gasteiger charge is -2.27. The minimum Gasteiger partial charge on any atom is -0.379 e. The van der Waals surface area contributed by atoms with Crippen LogP contribution in [0, 0.1) is 5.92 Å². The minimum absolute atomic E-state index is 0.0226. The third kappa shape index (κ3) is 2.83. The van der Waals surface area contributed by atoms with Crippen LogP contribution in [0.25, 0.3) is 0 Å². The van der Waals surface area contributed by atoms with Gasteiger partial charge in [0.15, 0.2) is 0 Å². The van der Waals surface area contributed by atoms with Gasteiger partial charge in [0.05, 0.1) is 25.7 Å². The fourth-order valence-electron chi connectivity index (χ4n) is 2.64. The molecule has 3 rings (SSSR count). The van der Waals surface area contributed by atoms with Gasteiger partial charge in [-0.2, -0.15) is 0 Å². The molecule has 1 saturated carbocycles. The lowest BCUT2D eigenvalue weighted by atomic mass is 10.0. The Kier molecular flexibility index (Phi) is 3.86. The molecule has 0 bridgehead atoms. The van der Waals surface area contributed by atoms with Crippen LogP contribution in [0.5, 0.6) is 0 Å². The summed E-state index contributed by atoms with van der Waals surface area (Å²) in [6.07, 6.45) is 2.30. The fraction of sp³-hybridized carbons (Fsp3) is 0.643. The van der Waals surface area contributed by atoms with E-state index in [4.69, 9.17) is 4.74 Å². The van der Waals surface area contributed by atoms with Crippen molar-refractivity contribution in [2.24, 2.45) is 5.92 Å². The number of carbonyl (C=O) groups excluding carboxylic acids is 1. The molecule has 1 aliphatic carbocycles. The monoisotopic (exact) mass is 280 g/mol. The molecule has 104 valence electrons. The van der Waals surface area contributed by atoms with Crippen molar-refractivity contribution in [1.29, 1.82) is 0 Å². The number of nitrogens with zero attached hydrogens (tertiary/aromatic N) is 1. The SMILES string of the molecule is CNC1COCC1C(=O)N(Cc1cccs1)C1CC1. The second kappa shape index (κ2) is 5.61. The van der Waals surface area contributed by atoms with E-state index < -0.39 is 0 Å². The third-order valence-corrected chi connectivity index (χ3v) is 4.81. The molecule has 1 saturated heterocycles. The van der Waals surface area contributed by atoms with Crippen LogP contribution in [0.4, 0.5) is 0 Å². The fourth-order valence-corrected chi connectivity index (χ4v) is 3.34. The Morgan fingerprint density at radius 1 is 1.53 bits per heavy atom. The highest BCUT2D eigenvalue weighted by Crippen LogP contribution is 2.31. The second-order valence-electron chi connectivity index (χ2n) is 5.32. The first-order valence-corrected chi connectivity index (χ1v) is 7.75.